The van der Waals surface area contributed by atoms with Gasteiger partial charge in [-0.05, 0) is 48.9 Å². The molecule has 0 radical (unpaired) electrons. The molecule has 0 unspecified atom stereocenters. The van der Waals surface area contributed by atoms with Crippen LogP contribution in [-0.4, -0.2) is 59.5 Å². The van der Waals surface area contributed by atoms with Crippen molar-refractivity contribution < 1.29 is 18.3 Å². The summed E-state index contributed by atoms with van der Waals surface area (Å²) in [6.07, 6.45) is 7.31. The number of aryl methyl sites for hydroxylation is 1. The molecule has 1 saturated carbocycles. The van der Waals surface area contributed by atoms with Gasteiger partial charge in [0, 0.05) is 73.6 Å². The van der Waals surface area contributed by atoms with Crippen molar-refractivity contribution in [1.82, 2.24) is 14.5 Å². The molecule has 2 aromatic heterocycles. The predicted octanol–water partition coefficient (Wildman–Crippen LogP) is 3.32. The van der Waals surface area contributed by atoms with E-state index in [1.165, 1.54) is 11.2 Å². The van der Waals surface area contributed by atoms with Crippen molar-refractivity contribution in [2.45, 2.75) is 50.1 Å². The third-order valence-corrected chi connectivity index (χ3v) is 8.33. The van der Waals surface area contributed by atoms with E-state index in [0.29, 0.717) is 17.6 Å². The van der Waals surface area contributed by atoms with Crippen molar-refractivity contribution in [3.8, 4) is 11.1 Å². The Labute approximate surface area is 203 Å². The summed E-state index contributed by atoms with van der Waals surface area (Å²) in [6.45, 7) is 0.614. The van der Waals surface area contributed by atoms with Gasteiger partial charge in [-0.1, -0.05) is 6.07 Å². The van der Waals surface area contributed by atoms with Crippen molar-refractivity contribution in [1.29, 1.82) is 0 Å². The molecule has 1 amide bonds. The Hall–Kier alpha value is -3.27. The molecule has 35 heavy (non-hydrogen) atoms. The zero-order valence-electron chi connectivity index (χ0n) is 20.1. The van der Waals surface area contributed by atoms with E-state index in [1.54, 1.807) is 18.7 Å². The third-order valence-electron chi connectivity index (χ3n) is 7.47. The molecule has 0 bridgehead atoms. The molecule has 10 heteroatoms. The summed E-state index contributed by atoms with van der Waals surface area (Å²) in [4.78, 5) is 31.2. The minimum Gasteiger partial charge on any atom is -0.465 e. The van der Waals surface area contributed by atoms with Gasteiger partial charge in [-0.25, -0.2) is 13.2 Å². The first-order chi connectivity index (χ1) is 16.5. The average Bonchev–Trinajstić information content (AvgIpc) is 3.17. The Morgan fingerprint density at radius 1 is 1.20 bits per heavy atom. The first-order valence-electron chi connectivity index (χ1n) is 11.8. The number of carbonyl (C=O) groups is 1. The predicted molar refractivity (Wildman–Crippen MR) is 136 cm³/mol. The van der Waals surface area contributed by atoms with E-state index in [4.69, 9.17) is 0 Å². The number of hydrogen-bond donors (Lipinski definition) is 2. The molecule has 0 atom stereocenters. The smallest absolute Gasteiger partial charge is 0.407 e. The molecule has 5 rings (SSSR count). The first kappa shape index (κ1) is 23.5. The van der Waals surface area contributed by atoms with Gasteiger partial charge in [0.15, 0.2) is 9.84 Å². The van der Waals surface area contributed by atoms with E-state index < -0.39 is 15.9 Å². The molecular weight excluding hydrogens is 468 g/mol. The van der Waals surface area contributed by atoms with Crippen LogP contribution in [0, 0.1) is 0 Å². The summed E-state index contributed by atoms with van der Waals surface area (Å²) in [5.41, 5.74) is 5.01. The summed E-state index contributed by atoms with van der Waals surface area (Å²) in [7, 11) is 0.142. The maximum absolute atomic E-state index is 12.8. The van der Waals surface area contributed by atoms with E-state index in [-0.39, 0.29) is 23.4 Å². The zero-order chi connectivity index (χ0) is 25.1. The maximum Gasteiger partial charge on any atom is 0.407 e. The van der Waals surface area contributed by atoms with Crippen molar-refractivity contribution in [2.75, 3.05) is 18.2 Å². The lowest BCUT2D eigenvalue weighted by atomic mass is 9.88. The fraction of sp³-hybridized carbons (Fsp3) is 0.440. The van der Waals surface area contributed by atoms with Crippen LogP contribution < -0.4 is 10.5 Å². The number of aromatic nitrogens is 2. The normalized spacial score (nSPS) is 19.9. The zero-order valence-corrected chi connectivity index (χ0v) is 20.9. The van der Waals surface area contributed by atoms with Crippen molar-refractivity contribution in [3.05, 3.63) is 52.1 Å². The summed E-state index contributed by atoms with van der Waals surface area (Å²) in [5, 5.41) is 10.3. The van der Waals surface area contributed by atoms with E-state index in [1.807, 2.05) is 30.6 Å². The van der Waals surface area contributed by atoms with Gasteiger partial charge < -0.3 is 24.5 Å². The van der Waals surface area contributed by atoms with Gasteiger partial charge in [0.2, 0.25) is 0 Å². The number of nitrogens with zero attached hydrogens (tertiary/aromatic N) is 3. The highest BCUT2D eigenvalue weighted by Crippen LogP contribution is 2.43. The number of pyridine rings is 1. The van der Waals surface area contributed by atoms with Crippen LogP contribution in [0.5, 0.6) is 0 Å². The summed E-state index contributed by atoms with van der Waals surface area (Å²) < 4.78 is 25.6. The van der Waals surface area contributed by atoms with Crippen LogP contribution >= 0.6 is 0 Å². The largest absolute Gasteiger partial charge is 0.465 e. The highest BCUT2D eigenvalue weighted by molar-refractivity contribution is 7.89. The number of rotatable bonds is 4. The molecular formula is C25H30N4O5S. The van der Waals surface area contributed by atoms with Gasteiger partial charge in [0.05, 0.1) is 5.75 Å². The summed E-state index contributed by atoms with van der Waals surface area (Å²) in [5.74, 6) is -0.0538. The van der Waals surface area contributed by atoms with Crippen LogP contribution in [0.2, 0.25) is 0 Å². The van der Waals surface area contributed by atoms with Gasteiger partial charge >= 0.3 is 6.09 Å². The van der Waals surface area contributed by atoms with Gasteiger partial charge in [-0.3, -0.25) is 4.79 Å². The highest BCUT2D eigenvalue weighted by Gasteiger charge is 2.33. The van der Waals surface area contributed by atoms with Crippen LogP contribution in [0.3, 0.4) is 0 Å². The van der Waals surface area contributed by atoms with Crippen LogP contribution in [0.25, 0.3) is 22.0 Å². The quantitative estimate of drug-likeness (QED) is 0.570. The fourth-order valence-corrected chi connectivity index (χ4v) is 6.50. The van der Waals surface area contributed by atoms with Crippen LogP contribution in [0.15, 0.2) is 35.4 Å². The molecule has 186 valence electrons. The molecule has 1 aromatic carbocycles. The average molecular weight is 499 g/mol. The molecule has 2 aliphatic rings. The Morgan fingerprint density at radius 3 is 2.57 bits per heavy atom. The summed E-state index contributed by atoms with van der Waals surface area (Å²) in [6, 6.07) is 6.02. The van der Waals surface area contributed by atoms with Gasteiger partial charge in [0.1, 0.15) is 5.52 Å². The lowest BCUT2D eigenvalue weighted by Gasteiger charge is -2.40. The number of amides is 1. The second-order valence-corrected chi connectivity index (χ2v) is 12.1. The number of aromatic amines is 1. The lowest BCUT2D eigenvalue weighted by Crippen LogP contribution is -2.44. The second kappa shape index (κ2) is 8.44. The monoisotopic (exact) mass is 498 g/mol. The molecule has 3 heterocycles. The molecule has 1 fully saturated rings. The SMILES string of the molecule is CN(C(=O)O)C1CCC(N2Cc3c[nH]c4c(=O)n(C)cc(c34)-c3cc(CS(C)(=O)=O)ccc32)CC1. The van der Waals surface area contributed by atoms with Gasteiger partial charge in [0.25, 0.3) is 5.56 Å². The van der Waals surface area contributed by atoms with E-state index in [2.05, 4.69) is 9.88 Å². The number of anilines is 1. The van der Waals surface area contributed by atoms with E-state index in [0.717, 1.165) is 53.4 Å². The first-order valence-corrected chi connectivity index (χ1v) is 13.8. The van der Waals surface area contributed by atoms with Crippen LogP contribution in [-0.2, 0) is 29.2 Å². The lowest BCUT2D eigenvalue weighted by molar-refractivity contribution is 0.123. The molecule has 1 aliphatic heterocycles. The maximum atomic E-state index is 12.8. The molecule has 2 N–H and O–H groups in total. The Morgan fingerprint density at radius 2 is 1.91 bits per heavy atom. The van der Waals surface area contributed by atoms with Gasteiger partial charge in [-0.2, -0.15) is 0 Å². The molecule has 3 aromatic rings. The number of hydrogen-bond acceptors (Lipinski definition) is 5. The third kappa shape index (κ3) is 4.20. The van der Waals surface area contributed by atoms with E-state index >= 15 is 0 Å². The van der Waals surface area contributed by atoms with Crippen LogP contribution in [0.1, 0.15) is 36.8 Å². The van der Waals surface area contributed by atoms with Crippen LogP contribution in [0.4, 0.5) is 10.5 Å². The number of sulfone groups is 1. The number of benzene rings is 1. The minimum absolute atomic E-state index is 0.00516. The topological polar surface area (TPSA) is 116 Å². The number of nitrogens with one attached hydrogen (secondary N) is 1. The fourth-order valence-electron chi connectivity index (χ4n) is 5.71. The van der Waals surface area contributed by atoms with Crippen molar-refractivity contribution in [3.63, 3.8) is 0 Å². The second-order valence-electron chi connectivity index (χ2n) is 9.93. The molecule has 0 spiro atoms. The molecule has 1 aliphatic carbocycles. The molecule has 9 nitrogen and oxygen atoms in total. The van der Waals surface area contributed by atoms with Gasteiger partial charge in [-0.15, -0.1) is 0 Å². The number of fused-ring (bicyclic) bond motifs is 2. The van der Waals surface area contributed by atoms with Crippen molar-refractivity contribution >= 4 is 32.5 Å². The Kier molecular flexibility index (Phi) is 5.66. The summed E-state index contributed by atoms with van der Waals surface area (Å²) >= 11 is 0. The van der Waals surface area contributed by atoms with E-state index in [9.17, 15) is 23.1 Å². The highest BCUT2D eigenvalue weighted by atomic mass is 32.2. The van der Waals surface area contributed by atoms with Crippen molar-refractivity contribution in [2.24, 2.45) is 7.05 Å². The number of H-pyrrole nitrogens is 1. The minimum atomic E-state index is -3.21. The number of carboxylic acid groups (broad SMARTS) is 1. The Bertz CT molecular complexity index is 1480. The standard InChI is InChI=1S/C25H30N4O5S/c1-27-13-20-19-10-15(14-35(3,33)34)4-9-21(19)29(12-16-11-26-23(22(16)20)24(27)30)18-7-5-17(6-8-18)28(2)25(31)32/h4,9-11,13,17-18,26H,5-8,12,14H2,1-3H3,(H,31,32). The Balaban J connectivity index is 1.61. The molecule has 0 saturated heterocycles.